The number of thiazole rings is 1. The summed E-state index contributed by atoms with van der Waals surface area (Å²) in [6.07, 6.45) is 0.0301. The van der Waals surface area contributed by atoms with E-state index in [0.717, 1.165) is 27.7 Å². The Kier molecular flexibility index (Phi) is 10.7. The van der Waals surface area contributed by atoms with Gasteiger partial charge >= 0.3 is 0 Å². The van der Waals surface area contributed by atoms with E-state index in [0.29, 0.717) is 13.1 Å². The van der Waals surface area contributed by atoms with Crippen LogP contribution in [-0.2, 0) is 17.8 Å². The molecule has 0 aliphatic carbocycles. The number of ether oxygens (including phenoxy) is 1. The summed E-state index contributed by atoms with van der Waals surface area (Å²) in [5.41, 5.74) is 2.20. The van der Waals surface area contributed by atoms with Crippen molar-refractivity contribution in [1.82, 2.24) is 15.2 Å². The monoisotopic (exact) mass is 552 g/mol. The molecule has 2 aromatic rings. The molecule has 0 aliphatic heterocycles. The smallest absolute Gasteiger partial charge is 0.194 e. The molecule has 0 saturated heterocycles. The molecule has 1 aromatic carbocycles. The van der Waals surface area contributed by atoms with Crippen LogP contribution >= 0.6 is 51.2 Å². The lowest BCUT2D eigenvalue weighted by Gasteiger charge is -2.21. The van der Waals surface area contributed by atoms with E-state index in [1.165, 1.54) is 5.56 Å². The zero-order valence-electron chi connectivity index (χ0n) is 15.5. The van der Waals surface area contributed by atoms with Gasteiger partial charge in [-0.05, 0) is 31.5 Å². The van der Waals surface area contributed by atoms with E-state index in [1.54, 1.807) is 18.4 Å². The Labute approximate surface area is 185 Å². The third kappa shape index (κ3) is 7.13. The molecule has 1 atom stereocenters. The van der Waals surface area contributed by atoms with Crippen molar-refractivity contribution in [2.24, 2.45) is 4.99 Å². The van der Waals surface area contributed by atoms with Crippen LogP contribution in [0.3, 0.4) is 0 Å². The number of halogens is 2. The van der Waals surface area contributed by atoms with Crippen LogP contribution < -0.4 is 5.32 Å². The van der Waals surface area contributed by atoms with Crippen LogP contribution in [0.1, 0.15) is 36.2 Å². The van der Waals surface area contributed by atoms with Crippen molar-refractivity contribution < 1.29 is 4.74 Å². The fourth-order valence-corrected chi connectivity index (χ4v) is 3.56. The maximum absolute atomic E-state index is 5.33. The Bertz CT molecular complexity index is 710. The zero-order valence-corrected chi connectivity index (χ0v) is 20.3. The van der Waals surface area contributed by atoms with Crippen molar-refractivity contribution in [2.45, 2.75) is 33.0 Å². The van der Waals surface area contributed by atoms with E-state index in [4.69, 9.17) is 9.73 Å². The minimum absolute atomic E-state index is 0. The molecule has 0 fully saturated rings. The van der Waals surface area contributed by atoms with Gasteiger partial charge in [0.05, 0.1) is 18.8 Å². The third-order valence-corrected chi connectivity index (χ3v) is 5.21. The largest absolute Gasteiger partial charge is 0.375 e. The molecular weight excluding hydrogens is 527 g/mol. The summed E-state index contributed by atoms with van der Waals surface area (Å²) < 4.78 is 6.40. The summed E-state index contributed by atoms with van der Waals surface area (Å²) in [7, 11) is 3.73. The molecule has 0 bridgehead atoms. The fourth-order valence-electron chi connectivity index (χ4n) is 2.27. The standard InChI is InChI=1S/C18H25BrN4OS.HI/c1-5-20-18(21-10-14-7-6-8-15(19)9-14)23(3)11-16-12-25-17(22-16)13(2)24-4;/h6-9,12-13H,5,10-11H2,1-4H3,(H,20,21);1H. The molecule has 5 nitrogen and oxygen atoms in total. The molecule has 2 rings (SSSR count). The first-order chi connectivity index (χ1) is 12.0. The number of benzene rings is 1. The average Bonchev–Trinajstić information content (AvgIpc) is 3.06. The molecule has 8 heteroatoms. The minimum atomic E-state index is 0. The highest BCUT2D eigenvalue weighted by molar-refractivity contribution is 14.0. The maximum Gasteiger partial charge on any atom is 0.194 e. The van der Waals surface area contributed by atoms with Gasteiger partial charge in [0.15, 0.2) is 5.96 Å². The van der Waals surface area contributed by atoms with E-state index in [2.05, 4.69) is 55.6 Å². The molecule has 0 radical (unpaired) electrons. The lowest BCUT2D eigenvalue weighted by Crippen LogP contribution is -2.38. The quantitative estimate of drug-likeness (QED) is 0.304. The molecule has 1 heterocycles. The predicted octanol–water partition coefficient (Wildman–Crippen LogP) is 4.83. The molecule has 144 valence electrons. The van der Waals surface area contributed by atoms with Crippen molar-refractivity contribution >= 4 is 57.2 Å². The molecule has 0 amide bonds. The highest BCUT2D eigenvalue weighted by Gasteiger charge is 2.12. The number of rotatable bonds is 7. The second-order valence-electron chi connectivity index (χ2n) is 5.71. The van der Waals surface area contributed by atoms with Gasteiger partial charge in [-0.25, -0.2) is 9.98 Å². The van der Waals surface area contributed by atoms with Gasteiger partial charge in [-0.3, -0.25) is 0 Å². The van der Waals surface area contributed by atoms with Crippen molar-refractivity contribution in [3.63, 3.8) is 0 Å². The SMILES string of the molecule is CCNC(=NCc1cccc(Br)c1)N(C)Cc1csc(C(C)OC)n1.I. The number of hydrogen-bond donors (Lipinski definition) is 1. The van der Waals surface area contributed by atoms with E-state index >= 15 is 0 Å². The van der Waals surface area contributed by atoms with E-state index in [1.807, 2.05) is 26.1 Å². The van der Waals surface area contributed by atoms with Gasteiger partial charge in [-0.2, -0.15) is 0 Å². The minimum Gasteiger partial charge on any atom is -0.375 e. The van der Waals surface area contributed by atoms with Crippen molar-refractivity contribution in [3.05, 3.63) is 50.4 Å². The number of nitrogens with zero attached hydrogens (tertiary/aromatic N) is 3. The number of nitrogens with one attached hydrogen (secondary N) is 1. The Morgan fingerprint density at radius 1 is 1.46 bits per heavy atom. The first-order valence-corrected chi connectivity index (χ1v) is 9.91. The Balaban J connectivity index is 0.00000338. The van der Waals surface area contributed by atoms with Gasteiger partial charge in [-0.1, -0.05) is 28.1 Å². The van der Waals surface area contributed by atoms with Gasteiger partial charge in [0.25, 0.3) is 0 Å². The van der Waals surface area contributed by atoms with E-state index < -0.39 is 0 Å². The number of guanidine groups is 1. The van der Waals surface area contributed by atoms with Crippen molar-refractivity contribution in [3.8, 4) is 0 Å². The Morgan fingerprint density at radius 2 is 2.23 bits per heavy atom. The third-order valence-electron chi connectivity index (χ3n) is 3.67. The second kappa shape index (κ2) is 11.9. The van der Waals surface area contributed by atoms with Crippen LogP contribution in [0.5, 0.6) is 0 Å². The van der Waals surface area contributed by atoms with Gasteiger partial charge in [0.2, 0.25) is 0 Å². The topological polar surface area (TPSA) is 49.8 Å². The van der Waals surface area contributed by atoms with Crippen LogP contribution in [0, 0.1) is 0 Å². The van der Waals surface area contributed by atoms with Crippen LogP contribution in [0.4, 0.5) is 0 Å². The summed E-state index contributed by atoms with van der Waals surface area (Å²) in [6.45, 7) is 6.25. The average molecular weight is 553 g/mol. The lowest BCUT2D eigenvalue weighted by atomic mass is 10.2. The molecule has 0 aliphatic rings. The van der Waals surface area contributed by atoms with Crippen molar-refractivity contribution in [2.75, 3.05) is 20.7 Å². The normalized spacial score (nSPS) is 12.4. The summed E-state index contributed by atoms with van der Waals surface area (Å²) in [4.78, 5) is 11.5. The summed E-state index contributed by atoms with van der Waals surface area (Å²) >= 11 is 5.13. The number of aliphatic imine (C=N–C) groups is 1. The van der Waals surface area contributed by atoms with Gasteiger partial charge in [-0.15, -0.1) is 35.3 Å². The van der Waals surface area contributed by atoms with Crippen molar-refractivity contribution in [1.29, 1.82) is 0 Å². The molecule has 1 N–H and O–H groups in total. The summed E-state index contributed by atoms with van der Waals surface area (Å²) in [5.74, 6) is 0.872. The van der Waals surface area contributed by atoms with Crippen LogP contribution in [-0.4, -0.2) is 36.5 Å². The van der Waals surface area contributed by atoms with Crippen LogP contribution in [0.15, 0.2) is 39.1 Å². The van der Waals surface area contributed by atoms with Gasteiger partial charge in [0.1, 0.15) is 11.1 Å². The summed E-state index contributed by atoms with van der Waals surface area (Å²) in [5, 5.41) is 6.43. The number of aromatic nitrogens is 1. The fraction of sp³-hybridized carbons (Fsp3) is 0.444. The Morgan fingerprint density at radius 3 is 2.88 bits per heavy atom. The molecule has 1 aromatic heterocycles. The predicted molar refractivity (Wildman–Crippen MR) is 123 cm³/mol. The van der Waals surface area contributed by atoms with E-state index in [-0.39, 0.29) is 30.1 Å². The van der Waals surface area contributed by atoms with E-state index in [9.17, 15) is 0 Å². The maximum atomic E-state index is 5.33. The van der Waals surface area contributed by atoms with Crippen LogP contribution in [0.2, 0.25) is 0 Å². The highest BCUT2D eigenvalue weighted by atomic mass is 127. The number of methoxy groups -OCH3 is 1. The first kappa shape index (κ1) is 23.3. The van der Waals surface area contributed by atoms with Gasteiger partial charge < -0.3 is 15.0 Å². The molecule has 26 heavy (non-hydrogen) atoms. The molecule has 0 saturated carbocycles. The molecular formula is C18H26BrIN4OS. The van der Waals surface area contributed by atoms with Gasteiger partial charge in [0, 0.05) is 30.6 Å². The number of hydrogen-bond acceptors (Lipinski definition) is 4. The lowest BCUT2D eigenvalue weighted by molar-refractivity contribution is 0.119. The highest BCUT2D eigenvalue weighted by Crippen LogP contribution is 2.21. The first-order valence-electron chi connectivity index (χ1n) is 8.24. The van der Waals surface area contributed by atoms with Crippen LogP contribution in [0.25, 0.3) is 0 Å². The zero-order chi connectivity index (χ0) is 18.2. The molecule has 1 unspecified atom stereocenters. The Hall–Kier alpha value is -0.710. The molecule has 0 spiro atoms. The second-order valence-corrected chi connectivity index (χ2v) is 7.52. The summed E-state index contributed by atoms with van der Waals surface area (Å²) in [6, 6.07) is 8.22.